The van der Waals surface area contributed by atoms with E-state index in [0.717, 1.165) is 17.5 Å². The number of amides is 3. The van der Waals surface area contributed by atoms with E-state index in [-0.39, 0.29) is 24.1 Å². The average molecular weight is 353 g/mol. The molecule has 2 aromatic rings. The van der Waals surface area contributed by atoms with Gasteiger partial charge in [0.25, 0.3) is 0 Å². The summed E-state index contributed by atoms with van der Waals surface area (Å²) in [6.07, 6.45) is 0.981. The van der Waals surface area contributed by atoms with Crippen molar-refractivity contribution in [2.45, 2.75) is 33.6 Å². The quantitative estimate of drug-likeness (QED) is 0.744. The van der Waals surface area contributed by atoms with Gasteiger partial charge in [-0.3, -0.25) is 14.4 Å². The Morgan fingerprint density at radius 3 is 1.96 bits per heavy atom. The first kappa shape index (κ1) is 19.2. The van der Waals surface area contributed by atoms with Crippen LogP contribution < -0.4 is 16.0 Å². The smallest absolute Gasteiger partial charge is 0.228 e. The summed E-state index contributed by atoms with van der Waals surface area (Å²) in [4.78, 5) is 34.6. The number of benzene rings is 2. The highest BCUT2D eigenvalue weighted by molar-refractivity contribution is 5.95. The molecule has 136 valence electrons. The van der Waals surface area contributed by atoms with Crippen molar-refractivity contribution >= 4 is 34.8 Å². The monoisotopic (exact) mass is 353 g/mol. The molecule has 0 radical (unpaired) electrons. The minimum atomic E-state index is -0.161. The van der Waals surface area contributed by atoms with Crippen molar-refractivity contribution < 1.29 is 14.4 Å². The molecule has 0 aliphatic carbocycles. The molecule has 3 N–H and O–H groups in total. The van der Waals surface area contributed by atoms with E-state index in [1.165, 1.54) is 13.8 Å². The predicted molar refractivity (Wildman–Crippen MR) is 103 cm³/mol. The standard InChI is InChI=1S/C20H23N3O3/c1-4-16-7-10-18(22-14(3)25)12-19(16)23-20(26)11-15-5-8-17(9-6-15)21-13(2)24/h5-10,12H,4,11H2,1-3H3,(H,21,24)(H,22,25)(H,23,26). The summed E-state index contributed by atoms with van der Waals surface area (Å²) in [5.74, 6) is -0.445. The summed E-state index contributed by atoms with van der Waals surface area (Å²) < 4.78 is 0. The van der Waals surface area contributed by atoms with E-state index in [1.54, 1.807) is 30.3 Å². The summed E-state index contributed by atoms with van der Waals surface area (Å²) in [6, 6.07) is 12.6. The Hall–Kier alpha value is -3.15. The molecule has 0 aliphatic heterocycles. The fourth-order valence-electron chi connectivity index (χ4n) is 2.57. The summed E-state index contributed by atoms with van der Waals surface area (Å²) in [6.45, 7) is 4.89. The van der Waals surface area contributed by atoms with Crippen LogP contribution in [0.2, 0.25) is 0 Å². The molecule has 2 rings (SSSR count). The van der Waals surface area contributed by atoms with Crippen molar-refractivity contribution in [3.05, 3.63) is 53.6 Å². The predicted octanol–water partition coefficient (Wildman–Crippen LogP) is 3.35. The molecule has 0 fully saturated rings. The van der Waals surface area contributed by atoms with Gasteiger partial charge < -0.3 is 16.0 Å². The van der Waals surface area contributed by atoms with Crippen molar-refractivity contribution in [3.63, 3.8) is 0 Å². The summed E-state index contributed by atoms with van der Waals surface area (Å²) in [5.41, 5.74) is 3.86. The number of anilines is 3. The second-order valence-electron chi connectivity index (χ2n) is 6.01. The molecule has 3 amide bonds. The first-order valence-corrected chi connectivity index (χ1v) is 8.44. The van der Waals surface area contributed by atoms with Crippen LogP contribution in [0.1, 0.15) is 31.9 Å². The van der Waals surface area contributed by atoms with Crippen LogP contribution in [0.3, 0.4) is 0 Å². The number of carbonyl (C=O) groups excluding carboxylic acids is 3. The third-order valence-corrected chi connectivity index (χ3v) is 3.72. The maximum Gasteiger partial charge on any atom is 0.228 e. The summed E-state index contributed by atoms with van der Waals surface area (Å²) in [7, 11) is 0. The molecule has 6 heteroatoms. The molecular formula is C20H23N3O3. The minimum Gasteiger partial charge on any atom is -0.326 e. The highest BCUT2D eigenvalue weighted by Crippen LogP contribution is 2.22. The number of aryl methyl sites for hydroxylation is 1. The van der Waals surface area contributed by atoms with Gasteiger partial charge in [-0.1, -0.05) is 25.1 Å². The van der Waals surface area contributed by atoms with E-state index >= 15 is 0 Å². The van der Waals surface area contributed by atoms with Gasteiger partial charge in [-0.25, -0.2) is 0 Å². The fraction of sp³-hybridized carbons (Fsp3) is 0.250. The molecule has 26 heavy (non-hydrogen) atoms. The number of hydrogen-bond donors (Lipinski definition) is 3. The van der Waals surface area contributed by atoms with E-state index < -0.39 is 0 Å². The highest BCUT2D eigenvalue weighted by atomic mass is 16.2. The molecule has 0 unspecified atom stereocenters. The van der Waals surface area contributed by atoms with Crippen molar-refractivity contribution in [2.24, 2.45) is 0 Å². The van der Waals surface area contributed by atoms with Crippen LogP contribution in [-0.2, 0) is 27.2 Å². The van der Waals surface area contributed by atoms with E-state index in [2.05, 4.69) is 16.0 Å². The number of rotatable bonds is 6. The van der Waals surface area contributed by atoms with Crippen LogP contribution in [-0.4, -0.2) is 17.7 Å². The molecule has 0 aliphatic rings. The zero-order valence-electron chi connectivity index (χ0n) is 15.2. The van der Waals surface area contributed by atoms with Crippen molar-refractivity contribution in [2.75, 3.05) is 16.0 Å². The van der Waals surface area contributed by atoms with Crippen molar-refractivity contribution in [3.8, 4) is 0 Å². The van der Waals surface area contributed by atoms with Crippen molar-refractivity contribution in [1.82, 2.24) is 0 Å². The summed E-state index contributed by atoms with van der Waals surface area (Å²) in [5, 5.41) is 8.31. The Bertz CT molecular complexity index is 814. The van der Waals surface area contributed by atoms with Gasteiger partial charge in [0, 0.05) is 30.9 Å². The first-order valence-electron chi connectivity index (χ1n) is 8.44. The second-order valence-corrected chi connectivity index (χ2v) is 6.01. The molecule has 6 nitrogen and oxygen atoms in total. The lowest BCUT2D eigenvalue weighted by Crippen LogP contribution is -2.16. The Balaban J connectivity index is 2.06. The molecule has 0 spiro atoms. The van der Waals surface area contributed by atoms with Gasteiger partial charge in [0.05, 0.1) is 6.42 Å². The van der Waals surface area contributed by atoms with Gasteiger partial charge in [-0.2, -0.15) is 0 Å². The SMILES string of the molecule is CCc1ccc(NC(C)=O)cc1NC(=O)Cc1ccc(NC(C)=O)cc1. The zero-order valence-corrected chi connectivity index (χ0v) is 15.2. The molecule has 0 saturated heterocycles. The van der Waals surface area contributed by atoms with Crippen LogP contribution in [0, 0.1) is 0 Å². The lowest BCUT2D eigenvalue weighted by atomic mass is 10.1. The maximum absolute atomic E-state index is 12.4. The van der Waals surface area contributed by atoms with Gasteiger partial charge in [0.15, 0.2) is 0 Å². The molecular weight excluding hydrogens is 330 g/mol. The maximum atomic E-state index is 12.4. The molecule has 0 heterocycles. The van der Waals surface area contributed by atoms with E-state index in [4.69, 9.17) is 0 Å². The third kappa shape index (κ3) is 5.73. The van der Waals surface area contributed by atoms with E-state index in [0.29, 0.717) is 17.1 Å². The summed E-state index contributed by atoms with van der Waals surface area (Å²) >= 11 is 0. The first-order chi connectivity index (χ1) is 12.4. The van der Waals surface area contributed by atoms with E-state index in [1.807, 2.05) is 19.1 Å². The highest BCUT2D eigenvalue weighted by Gasteiger charge is 2.09. The second kappa shape index (κ2) is 8.80. The lowest BCUT2D eigenvalue weighted by molar-refractivity contribution is -0.116. The fourth-order valence-corrected chi connectivity index (χ4v) is 2.57. The van der Waals surface area contributed by atoms with Crippen LogP contribution in [0.25, 0.3) is 0 Å². The Kier molecular flexibility index (Phi) is 6.49. The topological polar surface area (TPSA) is 87.3 Å². The van der Waals surface area contributed by atoms with Gasteiger partial charge in [-0.05, 0) is 41.8 Å². The van der Waals surface area contributed by atoms with Crippen LogP contribution in [0.15, 0.2) is 42.5 Å². The molecule has 0 saturated carbocycles. The average Bonchev–Trinajstić information content (AvgIpc) is 2.56. The number of carbonyl (C=O) groups is 3. The lowest BCUT2D eigenvalue weighted by Gasteiger charge is -2.13. The van der Waals surface area contributed by atoms with Gasteiger partial charge >= 0.3 is 0 Å². The van der Waals surface area contributed by atoms with Gasteiger partial charge in [0.1, 0.15) is 0 Å². The van der Waals surface area contributed by atoms with Crippen molar-refractivity contribution in [1.29, 1.82) is 0 Å². The molecule has 0 bridgehead atoms. The van der Waals surface area contributed by atoms with Gasteiger partial charge in [-0.15, -0.1) is 0 Å². The normalized spacial score (nSPS) is 10.1. The molecule has 0 aromatic heterocycles. The minimum absolute atomic E-state index is 0.137. The Morgan fingerprint density at radius 1 is 0.808 bits per heavy atom. The molecule has 2 aromatic carbocycles. The van der Waals surface area contributed by atoms with E-state index in [9.17, 15) is 14.4 Å². The van der Waals surface area contributed by atoms with Crippen LogP contribution in [0.5, 0.6) is 0 Å². The van der Waals surface area contributed by atoms with Crippen LogP contribution in [0.4, 0.5) is 17.1 Å². The number of hydrogen-bond acceptors (Lipinski definition) is 3. The Morgan fingerprint density at radius 2 is 1.38 bits per heavy atom. The van der Waals surface area contributed by atoms with Crippen LogP contribution >= 0.6 is 0 Å². The largest absolute Gasteiger partial charge is 0.326 e. The third-order valence-electron chi connectivity index (χ3n) is 3.72. The molecule has 0 atom stereocenters. The zero-order chi connectivity index (χ0) is 19.1. The van der Waals surface area contributed by atoms with Gasteiger partial charge in [0.2, 0.25) is 17.7 Å². The number of nitrogens with one attached hydrogen (secondary N) is 3. The Labute approximate surface area is 153 Å².